The van der Waals surface area contributed by atoms with Gasteiger partial charge in [-0.2, -0.15) is 0 Å². The summed E-state index contributed by atoms with van der Waals surface area (Å²) in [6.07, 6.45) is -0.0406. The molecule has 2 aromatic carbocycles. The molecule has 1 aliphatic rings. The first kappa shape index (κ1) is 16.1. The van der Waals surface area contributed by atoms with Crippen LogP contribution in [0.3, 0.4) is 0 Å². The van der Waals surface area contributed by atoms with E-state index in [4.69, 9.17) is 4.74 Å². The van der Waals surface area contributed by atoms with Crippen molar-refractivity contribution >= 4 is 17.5 Å². The van der Waals surface area contributed by atoms with E-state index in [-0.39, 0.29) is 31.0 Å². The molecule has 0 saturated carbocycles. The Labute approximate surface area is 140 Å². The SMILES string of the molecule is CCOC(=O)CC1(Cc2ccccc2)C(=O)c2ccccc2C1=O. The molecule has 0 radical (unpaired) electrons. The van der Waals surface area contributed by atoms with Gasteiger partial charge >= 0.3 is 5.97 Å². The zero-order chi connectivity index (χ0) is 17.2. The maximum Gasteiger partial charge on any atom is 0.307 e. The lowest BCUT2D eigenvalue weighted by Crippen LogP contribution is -2.38. The molecule has 0 amide bonds. The molecule has 0 fully saturated rings. The van der Waals surface area contributed by atoms with Crippen LogP contribution >= 0.6 is 0 Å². The van der Waals surface area contributed by atoms with E-state index < -0.39 is 11.4 Å². The van der Waals surface area contributed by atoms with Crippen molar-refractivity contribution in [1.82, 2.24) is 0 Å². The average molecular weight is 322 g/mol. The molecule has 0 heterocycles. The smallest absolute Gasteiger partial charge is 0.307 e. The number of carbonyl (C=O) groups excluding carboxylic acids is 3. The second-order valence-corrected chi connectivity index (χ2v) is 5.93. The standard InChI is InChI=1S/C20H18O4/c1-2-24-17(21)13-20(12-14-8-4-3-5-9-14)18(22)15-10-6-7-11-16(15)19(20)23/h3-11H,2,12-13H2,1H3. The van der Waals surface area contributed by atoms with Crippen molar-refractivity contribution in [2.45, 2.75) is 19.8 Å². The van der Waals surface area contributed by atoms with Gasteiger partial charge in [-0.15, -0.1) is 0 Å². The van der Waals surface area contributed by atoms with Crippen molar-refractivity contribution in [2.24, 2.45) is 5.41 Å². The van der Waals surface area contributed by atoms with Gasteiger partial charge in [0, 0.05) is 11.1 Å². The Morgan fingerprint density at radius 1 is 0.917 bits per heavy atom. The monoisotopic (exact) mass is 322 g/mol. The van der Waals surface area contributed by atoms with E-state index in [9.17, 15) is 14.4 Å². The second kappa shape index (κ2) is 6.40. The third-order valence-electron chi connectivity index (χ3n) is 4.39. The van der Waals surface area contributed by atoms with E-state index in [1.807, 2.05) is 30.3 Å². The molecular weight excluding hydrogens is 304 g/mol. The van der Waals surface area contributed by atoms with Gasteiger partial charge in [0.15, 0.2) is 11.6 Å². The lowest BCUT2D eigenvalue weighted by molar-refractivity contribution is -0.144. The van der Waals surface area contributed by atoms with Crippen molar-refractivity contribution in [3.8, 4) is 0 Å². The van der Waals surface area contributed by atoms with Gasteiger partial charge in [-0.25, -0.2) is 0 Å². The lowest BCUT2D eigenvalue weighted by Gasteiger charge is -2.25. The Morgan fingerprint density at radius 2 is 1.46 bits per heavy atom. The summed E-state index contributed by atoms with van der Waals surface area (Å²) in [5.41, 5.74) is 0.221. The van der Waals surface area contributed by atoms with Crippen LogP contribution in [0.2, 0.25) is 0 Å². The van der Waals surface area contributed by atoms with Crippen LogP contribution in [0.5, 0.6) is 0 Å². The molecule has 4 nitrogen and oxygen atoms in total. The normalized spacial score (nSPS) is 15.2. The van der Waals surface area contributed by atoms with E-state index in [0.29, 0.717) is 11.1 Å². The predicted molar refractivity (Wildman–Crippen MR) is 88.9 cm³/mol. The summed E-state index contributed by atoms with van der Waals surface area (Å²) >= 11 is 0. The van der Waals surface area contributed by atoms with Crippen molar-refractivity contribution < 1.29 is 19.1 Å². The summed E-state index contributed by atoms with van der Waals surface area (Å²) in [6, 6.07) is 16.0. The number of ketones is 2. The number of hydrogen-bond acceptors (Lipinski definition) is 4. The number of carbonyl (C=O) groups is 3. The van der Waals surface area contributed by atoms with Crippen LogP contribution < -0.4 is 0 Å². The van der Waals surface area contributed by atoms with E-state index in [0.717, 1.165) is 5.56 Å². The maximum atomic E-state index is 13.0. The van der Waals surface area contributed by atoms with Gasteiger partial charge in [-0.3, -0.25) is 14.4 Å². The fourth-order valence-electron chi connectivity index (χ4n) is 3.28. The highest BCUT2D eigenvalue weighted by atomic mass is 16.5. The Balaban J connectivity index is 2.05. The second-order valence-electron chi connectivity index (χ2n) is 5.93. The highest BCUT2D eigenvalue weighted by molar-refractivity contribution is 6.30. The van der Waals surface area contributed by atoms with Crippen LogP contribution in [0.4, 0.5) is 0 Å². The molecule has 0 N–H and O–H groups in total. The van der Waals surface area contributed by atoms with Gasteiger partial charge in [0.1, 0.15) is 5.41 Å². The van der Waals surface area contributed by atoms with Crippen molar-refractivity contribution in [2.75, 3.05) is 6.61 Å². The third kappa shape index (κ3) is 2.64. The maximum absolute atomic E-state index is 13.0. The van der Waals surface area contributed by atoms with Crippen LogP contribution in [0.15, 0.2) is 54.6 Å². The lowest BCUT2D eigenvalue weighted by atomic mass is 9.74. The largest absolute Gasteiger partial charge is 0.466 e. The van der Waals surface area contributed by atoms with Crippen molar-refractivity contribution in [3.05, 3.63) is 71.3 Å². The number of rotatable bonds is 5. The number of benzene rings is 2. The van der Waals surface area contributed by atoms with E-state index >= 15 is 0 Å². The Kier molecular flexibility index (Phi) is 4.30. The summed E-state index contributed by atoms with van der Waals surface area (Å²) in [7, 11) is 0. The van der Waals surface area contributed by atoms with Crippen molar-refractivity contribution in [3.63, 3.8) is 0 Å². The molecule has 0 bridgehead atoms. The highest BCUT2D eigenvalue weighted by Crippen LogP contribution is 2.42. The topological polar surface area (TPSA) is 60.4 Å². The quantitative estimate of drug-likeness (QED) is 0.626. The fourth-order valence-corrected chi connectivity index (χ4v) is 3.28. The zero-order valence-corrected chi connectivity index (χ0v) is 13.5. The Bertz CT molecular complexity index is 757. The van der Waals surface area contributed by atoms with E-state index in [2.05, 4.69) is 0 Å². The molecule has 0 spiro atoms. The Morgan fingerprint density at radius 3 is 2.00 bits per heavy atom. The predicted octanol–water partition coefficient (Wildman–Crippen LogP) is 3.25. The molecule has 0 aliphatic heterocycles. The molecule has 0 saturated heterocycles. The minimum Gasteiger partial charge on any atom is -0.466 e. The molecule has 122 valence electrons. The van der Waals surface area contributed by atoms with Gasteiger partial charge in [0.05, 0.1) is 13.0 Å². The molecule has 2 aromatic rings. The summed E-state index contributed by atoms with van der Waals surface area (Å²) < 4.78 is 5.02. The number of hydrogen-bond donors (Lipinski definition) is 0. The minimum absolute atomic E-state index is 0.193. The van der Waals surface area contributed by atoms with Crippen LogP contribution in [0.1, 0.15) is 39.6 Å². The number of esters is 1. The molecular formula is C20H18O4. The molecule has 0 aromatic heterocycles. The molecule has 4 heteroatoms. The number of ether oxygens (including phenoxy) is 1. The number of Topliss-reactive ketones (excluding diaryl/α,β-unsaturated/α-hetero) is 2. The summed E-state index contributed by atoms with van der Waals surface area (Å²) in [6.45, 7) is 1.92. The molecule has 0 atom stereocenters. The van der Waals surface area contributed by atoms with Crippen LogP contribution in [0.25, 0.3) is 0 Å². The summed E-state index contributed by atoms with van der Waals surface area (Å²) in [5, 5.41) is 0. The first-order chi connectivity index (χ1) is 11.6. The first-order valence-corrected chi connectivity index (χ1v) is 7.96. The van der Waals surface area contributed by atoms with Crippen LogP contribution in [-0.2, 0) is 16.0 Å². The molecule has 0 unspecified atom stereocenters. The van der Waals surface area contributed by atoms with Gasteiger partial charge < -0.3 is 4.74 Å². The zero-order valence-electron chi connectivity index (χ0n) is 13.5. The Hall–Kier alpha value is -2.75. The van der Waals surface area contributed by atoms with Crippen molar-refractivity contribution in [1.29, 1.82) is 0 Å². The number of fused-ring (bicyclic) bond motifs is 1. The first-order valence-electron chi connectivity index (χ1n) is 7.96. The van der Waals surface area contributed by atoms with Gasteiger partial charge in [-0.05, 0) is 18.9 Å². The molecule has 1 aliphatic carbocycles. The highest BCUT2D eigenvalue weighted by Gasteiger charge is 2.54. The van der Waals surface area contributed by atoms with Gasteiger partial charge in [0.25, 0.3) is 0 Å². The summed E-state index contributed by atoms with van der Waals surface area (Å²) in [5.74, 6) is -1.11. The van der Waals surface area contributed by atoms with Gasteiger partial charge in [-0.1, -0.05) is 54.6 Å². The van der Waals surface area contributed by atoms with E-state index in [1.165, 1.54) is 0 Å². The fraction of sp³-hybridized carbons (Fsp3) is 0.250. The van der Waals surface area contributed by atoms with Gasteiger partial charge in [0.2, 0.25) is 0 Å². The van der Waals surface area contributed by atoms with E-state index in [1.54, 1.807) is 31.2 Å². The molecule has 24 heavy (non-hydrogen) atoms. The van der Waals surface area contributed by atoms with Crippen LogP contribution in [0, 0.1) is 5.41 Å². The van der Waals surface area contributed by atoms with Crippen LogP contribution in [-0.4, -0.2) is 24.1 Å². The third-order valence-corrected chi connectivity index (χ3v) is 4.39. The summed E-state index contributed by atoms with van der Waals surface area (Å²) in [4.78, 5) is 38.2. The molecule has 3 rings (SSSR count). The minimum atomic E-state index is -1.41. The average Bonchev–Trinajstić information content (AvgIpc) is 2.79.